The number of rotatable bonds is 5. The molecule has 0 saturated carbocycles. The first-order valence-corrected chi connectivity index (χ1v) is 6.28. The van der Waals surface area contributed by atoms with Crippen molar-refractivity contribution in [3.05, 3.63) is 35.0 Å². The summed E-state index contributed by atoms with van der Waals surface area (Å²) in [6.07, 6.45) is 0. The molecule has 0 atom stereocenters. The van der Waals surface area contributed by atoms with Crippen LogP contribution in [0.1, 0.15) is 5.56 Å². The van der Waals surface area contributed by atoms with Gasteiger partial charge in [0.15, 0.2) is 11.0 Å². The van der Waals surface area contributed by atoms with E-state index in [2.05, 4.69) is 14.1 Å². The Morgan fingerprint density at radius 2 is 2.29 bits per heavy atom. The van der Waals surface area contributed by atoms with Crippen molar-refractivity contribution in [2.45, 2.75) is 6.92 Å². The van der Waals surface area contributed by atoms with Gasteiger partial charge in [-0.3, -0.25) is 0 Å². The molecule has 0 fully saturated rings. The van der Waals surface area contributed by atoms with Crippen molar-refractivity contribution in [2.75, 3.05) is 18.5 Å². The van der Waals surface area contributed by atoms with E-state index in [9.17, 15) is 0 Å². The standard InChI is InChI=1S/C11H12ClN3OS/c1-8-3-2-4-9(7-8)16-6-5-13-11-10(12)14-17-15-11/h2-4,7H,5-6H2,1H3,(H,13,15). The Hall–Kier alpha value is -1.33. The van der Waals surface area contributed by atoms with Crippen molar-refractivity contribution in [1.29, 1.82) is 0 Å². The summed E-state index contributed by atoms with van der Waals surface area (Å²) in [5, 5.41) is 3.47. The lowest BCUT2D eigenvalue weighted by Gasteiger charge is -2.07. The van der Waals surface area contributed by atoms with Gasteiger partial charge in [-0.2, -0.15) is 8.75 Å². The average molecular weight is 270 g/mol. The molecular weight excluding hydrogens is 258 g/mol. The largest absolute Gasteiger partial charge is 0.492 e. The molecule has 1 aromatic carbocycles. The predicted molar refractivity (Wildman–Crippen MR) is 70.1 cm³/mol. The van der Waals surface area contributed by atoms with E-state index < -0.39 is 0 Å². The molecule has 0 radical (unpaired) electrons. The molecule has 1 heterocycles. The van der Waals surface area contributed by atoms with E-state index in [1.165, 1.54) is 5.56 Å². The molecule has 2 aromatic rings. The van der Waals surface area contributed by atoms with E-state index in [0.717, 1.165) is 17.5 Å². The van der Waals surface area contributed by atoms with Crippen molar-refractivity contribution in [3.63, 3.8) is 0 Å². The zero-order chi connectivity index (χ0) is 12.1. The molecule has 0 aliphatic rings. The van der Waals surface area contributed by atoms with Crippen LogP contribution >= 0.6 is 23.3 Å². The Kier molecular flexibility index (Phi) is 4.17. The van der Waals surface area contributed by atoms with Crippen LogP contribution < -0.4 is 10.1 Å². The van der Waals surface area contributed by atoms with Gasteiger partial charge < -0.3 is 10.1 Å². The number of aryl methyl sites for hydroxylation is 1. The second-order valence-corrected chi connectivity index (χ2v) is 4.38. The summed E-state index contributed by atoms with van der Waals surface area (Å²) in [7, 11) is 0. The monoisotopic (exact) mass is 269 g/mol. The Labute approximate surface area is 109 Å². The Balaban J connectivity index is 1.75. The van der Waals surface area contributed by atoms with Crippen LogP contribution in [0, 0.1) is 6.92 Å². The quantitative estimate of drug-likeness (QED) is 0.848. The second kappa shape index (κ2) is 5.84. The Bertz CT molecular complexity index is 489. The molecule has 0 unspecified atom stereocenters. The van der Waals surface area contributed by atoms with Gasteiger partial charge in [0.2, 0.25) is 0 Å². The molecule has 0 aliphatic heterocycles. The minimum atomic E-state index is 0.408. The van der Waals surface area contributed by atoms with E-state index in [0.29, 0.717) is 24.1 Å². The minimum absolute atomic E-state index is 0.408. The van der Waals surface area contributed by atoms with Crippen molar-refractivity contribution >= 4 is 29.1 Å². The van der Waals surface area contributed by atoms with Crippen LogP contribution in [0.5, 0.6) is 5.75 Å². The number of nitrogens with one attached hydrogen (secondary N) is 1. The van der Waals surface area contributed by atoms with Gasteiger partial charge in [-0.1, -0.05) is 23.7 Å². The van der Waals surface area contributed by atoms with Gasteiger partial charge in [0.05, 0.1) is 18.3 Å². The van der Waals surface area contributed by atoms with Crippen LogP contribution in [0.4, 0.5) is 5.82 Å². The number of hydrogen-bond donors (Lipinski definition) is 1. The number of hydrogen-bond acceptors (Lipinski definition) is 5. The van der Waals surface area contributed by atoms with Crippen LogP contribution in [-0.4, -0.2) is 21.9 Å². The van der Waals surface area contributed by atoms with E-state index in [1.807, 2.05) is 31.2 Å². The maximum Gasteiger partial charge on any atom is 0.186 e. The average Bonchev–Trinajstić information content (AvgIpc) is 2.71. The summed E-state index contributed by atoms with van der Waals surface area (Å²) >= 11 is 6.88. The molecule has 17 heavy (non-hydrogen) atoms. The maximum atomic E-state index is 5.79. The van der Waals surface area contributed by atoms with Gasteiger partial charge in [0.25, 0.3) is 0 Å². The van der Waals surface area contributed by atoms with Crippen LogP contribution in [0.15, 0.2) is 24.3 Å². The van der Waals surface area contributed by atoms with Crippen LogP contribution in [0.3, 0.4) is 0 Å². The fraction of sp³-hybridized carbons (Fsp3) is 0.273. The molecule has 4 nitrogen and oxygen atoms in total. The smallest absolute Gasteiger partial charge is 0.186 e. The Morgan fingerprint density at radius 3 is 3.00 bits per heavy atom. The van der Waals surface area contributed by atoms with Crippen molar-refractivity contribution in [1.82, 2.24) is 8.75 Å². The maximum absolute atomic E-state index is 5.79. The van der Waals surface area contributed by atoms with E-state index >= 15 is 0 Å². The number of nitrogens with zero attached hydrogens (tertiary/aromatic N) is 2. The highest BCUT2D eigenvalue weighted by molar-refractivity contribution is 6.99. The summed E-state index contributed by atoms with van der Waals surface area (Å²) in [6, 6.07) is 7.94. The van der Waals surface area contributed by atoms with E-state index in [1.54, 1.807) is 0 Å². The third kappa shape index (κ3) is 3.57. The minimum Gasteiger partial charge on any atom is -0.492 e. The van der Waals surface area contributed by atoms with E-state index in [4.69, 9.17) is 16.3 Å². The van der Waals surface area contributed by atoms with Gasteiger partial charge in [-0.05, 0) is 24.6 Å². The lowest BCUT2D eigenvalue weighted by Crippen LogP contribution is -2.11. The van der Waals surface area contributed by atoms with Gasteiger partial charge in [0, 0.05) is 0 Å². The van der Waals surface area contributed by atoms with Crippen LogP contribution in [0.2, 0.25) is 5.15 Å². The fourth-order valence-corrected chi connectivity index (χ4v) is 2.01. The molecular formula is C11H12ClN3OS. The predicted octanol–water partition coefficient (Wildman–Crippen LogP) is 2.99. The lowest BCUT2D eigenvalue weighted by molar-refractivity contribution is 0.332. The topological polar surface area (TPSA) is 47.0 Å². The molecule has 6 heteroatoms. The van der Waals surface area contributed by atoms with Crippen molar-refractivity contribution in [3.8, 4) is 5.75 Å². The normalized spacial score (nSPS) is 10.2. The zero-order valence-electron chi connectivity index (χ0n) is 9.31. The molecule has 2 rings (SSSR count). The first-order valence-electron chi connectivity index (χ1n) is 5.17. The first-order chi connectivity index (χ1) is 8.25. The third-order valence-electron chi connectivity index (χ3n) is 2.10. The second-order valence-electron chi connectivity index (χ2n) is 3.50. The lowest BCUT2D eigenvalue weighted by atomic mass is 10.2. The first kappa shape index (κ1) is 12.1. The molecule has 1 N–H and O–H groups in total. The van der Waals surface area contributed by atoms with Crippen molar-refractivity contribution in [2.24, 2.45) is 0 Å². The summed E-state index contributed by atoms with van der Waals surface area (Å²) in [5.41, 5.74) is 1.18. The van der Waals surface area contributed by atoms with Crippen LogP contribution in [0.25, 0.3) is 0 Å². The number of aromatic nitrogens is 2. The van der Waals surface area contributed by atoms with Gasteiger partial charge in [-0.15, -0.1) is 0 Å². The zero-order valence-corrected chi connectivity index (χ0v) is 10.9. The van der Waals surface area contributed by atoms with Crippen molar-refractivity contribution < 1.29 is 4.74 Å². The number of halogens is 1. The summed E-state index contributed by atoms with van der Waals surface area (Å²) in [4.78, 5) is 0. The molecule has 1 aromatic heterocycles. The highest BCUT2D eigenvalue weighted by Crippen LogP contribution is 2.17. The molecule has 0 aliphatic carbocycles. The highest BCUT2D eigenvalue weighted by atomic mass is 35.5. The summed E-state index contributed by atoms with van der Waals surface area (Å²) in [5.74, 6) is 1.49. The summed E-state index contributed by atoms with van der Waals surface area (Å²) < 4.78 is 13.4. The van der Waals surface area contributed by atoms with Gasteiger partial charge in [-0.25, -0.2) is 0 Å². The highest BCUT2D eigenvalue weighted by Gasteiger charge is 2.03. The SMILES string of the molecule is Cc1cccc(OCCNc2nsnc2Cl)c1. The molecule has 90 valence electrons. The summed E-state index contributed by atoms with van der Waals surface area (Å²) in [6.45, 7) is 3.22. The van der Waals surface area contributed by atoms with Gasteiger partial charge >= 0.3 is 0 Å². The third-order valence-corrected chi connectivity index (χ3v) is 2.99. The fourth-order valence-electron chi connectivity index (χ4n) is 1.33. The van der Waals surface area contributed by atoms with E-state index in [-0.39, 0.29) is 0 Å². The molecule has 0 spiro atoms. The Morgan fingerprint density at radius 1 is 1.41 bits per heavy atom. The number of benzene rings is 1. The van der Waals surface area contributed by atoms with Gasteiger partial charge in [0.1, 0.15) is 12.4 Å². The molecule has 0 saturated heterocycles. The van der Waals surface area contributed by atoms with Crippen LogP contribution in [-0.2, 0) is 0 Å². The number of ether oxygens (including phenoxy) is 1. The number of anilines is 1. The molecule has 0 bridgehead atoms. The molecule has 0 amide bonds.